The van der Waals surface area contributed by atoms with Crippen molar-refractivity contribution in [2.45, 2.75) is 26.4 Å². The lowest BCUT2D eigenvalue weighted by Crippen LogP contribution is -2.03. The minimum Gasteiger partial charge on any atom is -0.494 e. The van der Waals surface area contributed by atoms with E-state index in [9.17, 15) is 9.90 Å². The van der Waals surface area contributed by atoms with Crippen LogP contribution < -0.4 is 9.61 Å². The standard InChI is InChI=1S/C25H23N3O3S/c1-3-15-5-9-20-21(11-15)28(2)23(26-20)14-31-19-8-7-17-10-16(4-6-18(17)13-19)12-22-24(29)27-25(30)32-22/h4-11,13,29H,3,12,14H2,1-2H3,(H,27,30). The molecule has 5 rings (SSSR count). The molecule has 2 heterocycles. The van der Waals surface area contributed by atoms with Gasteiger partial charge in [0.1, 0.15) is 18.2 Å². The van der Waals surface area contributed by atoms with Crippen molar-refractivity contribution in [2.24, 2.45) is 7.05 Å². The molecule has 5 aromatic rings. The molecular weight excluding hydrogens is 422 g/mol. The van der Waals surface area contributed by atoms with Gasteiger partial charge in [-0.15, -0.1) is 0 Å². The number of aromatic hydroxyl groups is 1. The van der Waals surface area contributed by atoms with Gasteiger partial charge in [-0.3, -0.25) is 9.78 Å². The van der Waals surface area contributed by atoms with Crippen molar-refractivity contribution in [2.75, 3.05) is 0 Å². The number of hydrogen-bond acceptors (Lipinski definition) is 5. The molecule has 0 saturated carbocycles. The summed E-state index contributed by atoms with van der Waals surface area (Å²) < 4.78 is 8.15. The summed E-state index contributed by atoms with van der Waals surface area (Å²) in [6.07, 6.45) is 1.51. The summed E-state index contributed by atoms with van der Waals surface area (Å²) in [4.78, 5) is 18.9. The molecule has 0 saturated heterocycles. The molecule has 7 heteroatoms. The molecule has 0 unspecified atom stereocenters. The summed E-state index contributed by atoms with van der Waals surface area (Å²) in [5.41, 5.74) is 4.42. The Balaban J connectivity index is 1.34. The van der Waals surface area contributed by atoms with Crippen LogP contribution in [0.5, 0.6) is 11.6 Å². The van der Waals surface area contributed by atoms with Crippen LogP contribution in [0.25, 0.3) is 21.8 Å². The number of rotatable bonds is 6. The average Bonchev–Trinajstić information content (AvgIpc) is 3.29. The Labute approximate surface area is 188 Å². The van der Waals surface area contributed by atoms with Crippen molar-refractivity contribution in [3.05, 3.63) is 86.1 Å². The molecule has 162 valence electrons. The molecule has 0 spiro atoms. The summed E-state index contributed by atoms with van der Waals surface area (Å²) in [7, 11) is 2.02. The Morgan fingerprint density at radius 2 is 1.84 bits per heavy atom. The molecule has 0 atom stereocenters. The first-order valence-corrected chi connectivity index (χ1v) is 11.3. The van der Waals surface area contributed by atoms with Gasteiger partial charge in [-0.25, -0.2) is 4.98 Å². The number of benzene rings is 3. The highest BCUT2D eigenvalue weighted by Crippen LogP contribution is 2.26. The lowest BCUT2D eigenvalue weighted by molar-refractivity contribution is 0.293. The van der Waals surface area contributed by atoms with Crippen LogP contribution >= 0.6 is 11.3 Å². The third-order valence-electron chi connectivity index (χ3n) is 5.76. The van der Waals surface area contributed by atoms with Crippen LogP contribution in [0.3, 0.4) is 0 Å². The third kappa shape index (κ3) is 3.87. The number of aromatic nitrogens is 3. The van der Waals surface area contributed by atoms with E-state index in [0.717, 1.165) is 56.7 Å². The number of aryl methyl sites for hydroxylation is 2. The predicted octanol–water partition coefficient (Wildman–Crippen LogP) is 4.91. The van der Waals surface area contributed by atoms with Gasteiger partial charge in [0.2, 0.25) is 5.88 Å². The van der Waals surface area contributed by atoms with Crippen molar-refractivity contribution in [1.82, 2.24) is 14.5 Å². The fraction of sp³-hybridized carbons (Fsp3) is 0.200. The van der Waals surface area contributed by atoms with E-state index in [-0.39, 0.29) is 10.8 Å². The van der Waals surface area contributed by atoms with Crippen LogP contribution in [0.1, 0.15) is 28.8 Å². The molecule has 0 aliphatic carbocycles. The second kappa shape index (κ2) is 8.16. The van der Waals surface area contributed by atoms with Gasteiger partial charge in [-0.05, 0) is 52.6 Å². The summed E-state index contributed by atoms with van der Waals surface area (Å²) in [6.45, 7) is 2.54. The Hall–Kier alpha value is -3.58. The Bertz CT molecular complexity index is 1500. The second-order valence-electron chi connectivity index (χ2n) is 7.86. The summed E-state index contributed by atoms with van der Waals surface area (Å²) in [6, 6.07) is 18.5. The van der Waals surface area contributed by atoms with Gasteiger partial charge in [0.15, 0.2) is 0 Å². The van der Waals surface area contributed by atoms with Crippen LogP contribution in [0.15, 0.2) is 59.4 Å². The van der Waals surface area contributed by atoms with Crippen molar-refractivity contribution < 1.29 is 9.84 Å². The molecule has 0 radical (unpaired) electrons. The van der Waals surface area contributed by atoms with Gasteiger partial charge in [0, 0.05) is 13.5 Å². The number of nitrogens with one attached hydrogen (secondary N) is 1. The zero-order valence-electron chi connectivity index (χ0n) is 17.9. The molecule has 3 aromatic carbocycles. The Morgan fingerprint density at radius 1 is 1.06 bits per heavy atom. The molecule has 0 aliphatic rings. The quantitative estimate of drug-likeness (QED) is 0.389. The van der Waals surface area contributed by atoms with Gasteiger partial charge < -0.3 is 14.4 Å². The molecule has 0 fully saturated rings. The first-order valence-electron chi connectivity index (χ1n) is 10.5. The van der Waals surface area contributed by atoms with Gasteiger partial charge in [0.05, 0.1) is 15.9 Å². The summed E-state index contributed by atoms with van der Waals surface area (Å²) >= 11 is 1.04. The number of aromatic amines is 1. The minimum absolute atomic E-state index is 0.0447. The van der Waals surface area contributed by atoms with Gasteiger partial charge >= 0.3 is 4.87 Å². The predicted molar refractivity (Wildman–Crippen MR) is 128 cm³/mol. The molecule has 2 N–H and O–H groups in total. The number of thiazole rings is 1. The van der Waals surface area contributed by atoms with E-state index in [1.807, 2.05) is 37.4 Å². The maximum atomic E-state index is 11.4. The van der Waals surface area contributed by atoms with Crippen LogP contribution in [-0.2, 0) is 26.5 Å². The van der Waals surface area contributed by atoms with Crippen LogP contribution in [0.2, 0.25) is 0 Å². The van der Waals surface area contributed by atoms with E-state index in [1.54, 1.807) is 0 Å². The zero-order valence-corrected chi connectivity index (χ0v) is 18.7. The number of H-pyrrole nitrogens is 1. The fourth-order valence-electron chi connectivity index (χ4n) is 3.91. The Kier molecular flexibility index (Phi) is 5.19. The molecule has 2 aromatic heterocycles. The van der Waals surface area contributed by atoms with Crippen LogP contribution in [0.4, 0.5) is 0 Å². The van der Waals surface area contributed by atoms with Crippen LogP contribution in [-0.4, -0.2) is 19.6 Å². The highest BCUT2D eigenvalue weighted by molar-refractivity contribution is 7.09. The molecule has 32 heavy (non-hydrogen) atoms. The lowest BCUT2D eigenvalue weighted by Gasteiger charge is -2.09. The lowest BCUT2D eigenvalue weighted by atomic mass is 10.0. The molecule has 6 nitrogen and oxygen atoms in total. The number of ether oxygens (including phenoxy) is 1. The van der Waals surface area contributed by atoms with Gasteiger partial charge in [-0.1, -0.05) is 48.6 Å². The normalized spacial score (nSPS) is 11.4. The van der Waals surface area contributed by atoms with E-state index in [0.29, 0.717) is 17.9 Å². The number of hydrogen-bond donors (Lipinski definition) is 2. The number of fused-ring (bicyclic) bond motifs is 2. The largest absolute Gasteiger partial charge is 0.494 e. The van der Waals surface area contributed by atoms with Crippen molar-refractivity contribution in [3.63, 3.8) is 0 Å². The summed E-state index contributed by atoms with van der Waals surface area (Å²) in [5, 5.41) is 12.0. The molecule has 0 aliphatic heterocycles. The second-order valence-corrected chi connectivity index (χ2v) is 8.93. The maximum absolute atomic E-state index is 11.4. The van der Waals surface area contributed by atoms with Crippen molar-refractivity contribution in [1.29, 1.82) is 0 Å². The van der Waals surface area contributed by atoms with Crippen molar-refractivity contribution >= 4 is 33.1 Å². The Morgan fingerprint density at radius 3 is 2.62 bits per heavy atom. The summed E-state index contributed by atoms with van der Waals surface area (Å²) in [5.74, 6) is 1.62. The first-order chi connectivity index (χ1) is 15.5. The highest BCUT2D eigenvalue weighted by atomic mass is 32.1. The molecular formula is C25H23N3O3S. The van der Waals surface area contributed by atoms with E-state index in [4.69, 9.17) is 9.72 Å². The monoisotopic (exact) mass is 445 g/mol. The molecule has 0 amide bonds. The zero-order chi connectivity index (χ0) is 22.2. The SMILES string of the molecule is CCc1ccc2nc(COc3ccc4cc(Cc5sc(=O)[nH]c5O)ccc4c3)n(C)c2c1. The fourth-order valence-corrected chi connectivity index (χ4v) is 4.67. The van der Waals surface area contributed by atoms with Gasteiger partial charge in [0.25, 0.3) is 0 Å². The minimum atomic E-state index is -0.244. The third-order valence-corrected chi connectivity index (χ3v) is 6.63. The topological polar surface area (TPSA) is 80.1 Å². The van der Waals surface area contributed by atoms with E-state index >= 15 is 0 Å². The van der Waals surface area contributed by atoms with E-state index in [1.165, 1.54) is 5.56 Å². The van der Waals surface area contributed by atoms with Crippen molar-refractivity contribution in [3.8, 4) is 11.6 Å². The maximum Gasteiger partial charge on any atom is 0.307 e. The molecule has 0 bridgehead atoms. The first kappa shape index (κ1) is 20.3. The highest BCUT2D eigenvalue weighted by Gasteiger charge is 2.10. The number of imidazole rings is 1. The number of nitrogens with zero attached hydrogens (tertiary/aromatic N) is 2. The van der Waals surface area contributed by atoms with Gasteiger partial charge in [-0.2, -0.15) is 0 Å². The smallest absolute Gasteiger partial charge is 0.307 e. The van der Waals surface area contributed by atoms with Crippen LogP contribution in [0, 0.1) is 0 Å². The van der Waals surface area contributed by atoms with E-state index < -0.39 is 0 Å². The average molecular weight is 446 g/mol. The van der Waals surface area contributed by atoms with E-state index in [2.05, 4.69) is 40.7 Å².